The van der Waals surface area contributed by atoms with Gasteiger partial charge in [-0.2, -0.15) is 13.2 Å². The fourth-order valence-electron chi connectivity index (χ4n) is 2.11. The van der Waals surface area contributed by atoms with Gasteiger partial charge in [0.25, 0.3) is 5.91 Å². The molecule has 1 aliphatic heterocycles. The smallest absolute Gasteiger partial charge is 0.351 e. The summed E-state index contributed by atoms with van der Waals surface area (Å²) in [6.45, 7) is 4.68. The van der Waals surface area contributed by atoms with Crippen LogP contribution in [0.1, 0.15) is 10.4 Å². The van der Waals surface area contributed by atoms with Crippen LogP contribution in [0.5, 0.6) is 0 Å². The molecule has 0 saturated carbocycles. The lowest BCUT2D eigenvalue weighted by Crippen LogP contribution is -2.46. The lowest BCUT2D eigenvalue weighted by molar-refractivity contribution is -0.0329. The van der Waals surface area contributed by atoms with Crippen molar-refractivity contribution in [3.8, 4) is 0 Å². The molecule has 2 rings (SSSR count). The van der Waals surface area contributed by atoms with Crippen LogP contribution in [0.4, 0.5) is 13.2 Å². The Balaban J connectivity index is 1.89. The zero-order valence-electron chi connectivity index (χ0n) is 11.8. The second kappa shape index (κ2) is 7.80. The number of nitrogens with zero attached hydrogens (tertiary/aromatic N) is 2. The molecule has 0 atom stereocenters. The molecular formula is C13H17F3N4OS. The molecule has 2 heterocycles. The molecule has 1 amide bonds. The van der Waals surface area contributed by atoms with Crippen molar-refractivity contribution in [2.75, 3.05) is 39.3 Å². The highest BCUT2D eigenvalue weighted by Crippen LogP contribution is 2.37. The molecule has 1 aromatic heterocycles. The predicted molar refractivity (Wildman–Crippen MR) is 77.8 cm³/mol. The van der Waals surface area contributed by atoms with E-state index in [9.17, 15) is 18.0 Å². The molecule has 9 heteroatoms. The standard InChI is InChI=1S/C13H17F3N4OS/c14-13(15,16)22-12-10(2-1-3-19-12)11(21)18-6-9-20-7-4-17-5-8-20/h1-3,17H,4-9H2,(H,18,21). The minimum atomic E-state index is -4.47. The Labute approximate surface area is 130 Å². The summed E-state index contributed by atoms with van der Waals surface area (Å²) in [5.74, 6) is -0.532. The first kappa shape index (κ1) is 17.0. The maximum atomic E-state index is 12.5. The zero-order valence-corrected chi connectivity index (χ0v) is 12.6. The van der Waals surface area contributed by atoms with Crippen LogP contribution >= 0.6 is 11.8 Å². The summed E-state index contributed by atoms with van der Waals surface area (Å²) in [5.41, 5.74) is -4.52. The molecule has 0 bridgehead atoms. The first-order chi connectivity index (χ1) is 10.5. The number of hydrogen-bond acceptors (Lipinski definition) is 5. The van der Waals surface area contributed by atoms with Crippen LogP contribution in [0, 0.1) is 0 Å². The summed E-state index contributed by atoms with van der Waals surface area (Å²) in [4.78, 5) is 17.9. The molecule has 2 N–H and O–H groups in total. The van der Waals surface area contributed by atoms with Crippen molar-refractivity contribution in [3.63, 3.8) is 0 Å². The van der Waals surface area contributed by atoms with Gasteiger partial charge < -0.3 is 10.6 Å². The molecule has 5 nitrogen and oxygen atoms in total. The fraction of sp³-hybridized carbons (Fsp3) is 0.538. The second-order valence-corrected chi connectivity index (χ2v) is 5.81. The number of aromatic nitrogens is 1. The van der Waals surface area contributed by atoms with E-state index in [1.54, 1.807) is 0 Å². The van der Waals surface area contributed by atoms with Crippen LogP contribution in [-0.2, 0) is 0 Å². The van der Waals surface area contributed by atoms with Gasteiger partial charge in [0, 0.05) is 57.2 Å². The van der Waals surface area contributed by atoms with E-state index in [2.05, 4.69) is 20.5 Å². The third-order valence-corrected chi connectivity index (χ3v) is 3.90. The van der Waals surface area contributed by atoms with Gasteiger partial charge in [0.1, 0.15) is 5.03 Å². The first-order valence-corrected chi connectivity index (χ1v) is 7.69. The number of carbonyl (C=O) groups excluding carboxylic acids is 1. The average molecular weight is 334 g/mol. The van der Waals surface area contributed by atoms with Crippen molar-refractivity contribution in [1.82, 2.24) is 20.5 Å². The number of piperazine rings is 1. The number of carbonyl (C=O) groups is 1. The van der Waals surface area contributed by atoms with E-state index < -0.39 is 11.4 Å². The van der Waals surface area contributed by atoms with Gasteiger partial charge in [-0.05, 0) is 12.1 Å². The summed E-state index contributed by atoms with van der Waals surface area (Å²) >= 11 is -0.373. The lowest BCUT2D eigenvalue weighted by atomic mass is 10.2. The maximum absolute atomic E-state index is 12.5. The number of halogens is 3. The highest BCUT2D eigenvalue weighted by Gasteiger charge is 2.32. The average Bonchev–Trinajstić information content (AvgIpc) is 2.47. The summed E-state index contributed by atoms with van der Waals surface area (Å²) in [7, 11) is 0. The monoisotopic (exact) mass is 334 g/mol. The number of nitrogens with one attached hydrogen (secondary N) is 2. The van der Waals surface area contributed by atoms with E-state index in [-0.39, 0.29) is 22.4 Å². The normalized spacial score (nSPS) is 16.5. The van der Waals surface area contributed by atoms with Crippen molar-refractivity contribution in [3.05, 3.63) is 23.9 Å². The minimum absolute atomic E-state index is 0.0508. The number of pyridine rings is 1. The number of hydrogen-bond donors (Lipinski definition) is 2. The number of rotatable bonds is 5. The van der Waals surface area contributed by atoms with Crippen LogP contribution in [-0.4, -0.2) is 60.6 Å². The van der Waals surface area contributed by atoms with Gasteiger partial charge in [-0.15, -0.1) is 0 Å². The molecule has 0 aliphatic carbocycles. The molecule has 0 spiro atoms. The maximum Gasteiger partial charge on any atom is 0.447 e. The molecule has 1 aliphatic rings. The summed E-state index contributed by atoms with van der Waals surface area (Å²) in [5, 5.41) is 5.55. The summed E-state index contributed by atoms with van der Waals surface area (Å²) in [6, 6.07) is 2.80. The van der Waals surface area contributed by atoms with E-state index in [1.165, 1.54) is 18.3 Å². The van der Waals surface area contributed by atoms with Gasteiger partial charge in [-0.1, -0.05) is 0 Å². The molecule has 22 heavy (non-hydrogen) atoms. The third-order valence-electron chi connectivity index (χ3n) is 3.15. The summed E-state index contributed by atoms with van der Waals surface area (Å²) in [6.07, 6.45) is 1.24. The Bertz CT molecular complexity index is 506. The van der Waals surface area contributed by atoms with Gasteiger partial charge in [0.2, 0.25) is 0 Å². The van der Waals surface area contributed by atoms with Crippen LogP contribution in [0.3, 0.4) is 0 Å². The SMILES string of the molecule is O=C(NCCN1CCNCC1)c1cccnc1SC(F)(F)F. The van der Waals surface area contributed by atoms with E-state index in [0.717, 1.165) is 26.2 Å². The zero-order chi connectivity index (χ0) is 16.0. The Morgan fingerprint density at radius 1 is 1.41 bits per heavy atom. The Hall–Kier alpha value is -1.32. The third kappa shape index (κ3) is 5.47. The Morgan fingerprint density at radius 3 is 2.82 bits per heavy atom. The van der Waals surface area contributed by atoms with Crippen molar-refractivity contribution in [1.29, 1.82) is 0 Å². The van der Waals surface area contributed by atoms with Crippen molar-refractivity contribution < 1.29 is 18.0 Å². The molecule has 0 unspecified atom stereocenters. The number of alkyl halides is 3. The van der Waals surface area contributed by atoms with Crippen molar-refractivity contribution in [2.45, 2.75) is 10.5 Å². The first-order valence-electron chi connectivity index (χ1n) is 6.88. The van der Waals surface area contributed by atoms with Crippen LogP contribution in [0.25, 0.3) is 0 Å². The molecule has 122 valence electrons. The molecule has 1 saturated heterocycles. The van der Waals surface area contributed by atoms with Gasteiger partial charge in [0.05, 0.1) is 5.56 Å². The quantitative estimate of drug-likeness (QED) is 0.796. The topological polar surface area (TPSA) is 57.3 Å². The second-order valence-electron chi connectivity index (χ2n) is 4.75. The summed E-state index contributed by atoms with van der Waals surface area (Å²) < 4.78 is 37.4. The van der Waals surface area contributed by atoms with E-state index in [4.69, 9.17) is 0 Å². The van der Waals surface area contributed by atoms with Gasteiger partial charge in [-0.25, -0.2) is 4.98 Å². The van der Waals surface area contributed by atoms with Gasteiger partial charge in [0.15, 0.2) is 0 Å². The van der Waals surface area contributed by atoms with Gasteiger partial charge in [-0.3, -0.25) is 9.69 Å². The lowest BCUT2D eigenvalue weighted by Gasteiger charge is -2.27. The number of thioether (sulfide) groups is 1. The molecule has 0 aromatic carbocycles. The highest BCUT2D eigenvalue weighted by molar-refractivity contribution is 8.00. The minimum Gasteiger partial charge on any atom is -0.351 e. The van der Waals surface area contributed by atoms with Gasteiger partial charge >= 0.3 is 5.51 Å². The van der Waals surface area contributed by atoms with Crippen LogP contribution in [0.15, 0.2) is 23.4 Å². The molecule has 1 aromatic rings. The van der Waals surface area contributed by atoms with Crippen molar-refractivity contribution in [2.24, 2.45) is 0 Å². The van der Waals surface area contributed by atoms with E-state index >= 15 is 0 Å². The van der Waals surface area contributed by atoms with E-state index in [0.29, 0.717) is 13.1 Å². The molecule has 0 radical (unpaired) electrons. The van der Waals surface area contributed by atoms with Crippen LogP contribution in [0.2, 0.25) is 0 Å². The predicted octanol–water partition coefficient (Wildman–Crippen LogP) is 1.33. The molecular weight excluding hydrogens is 317 g/mol. The number of amides is 1. The van der Waals surface area contributed by atoms with Crippen molar-refractivity contribution >= 4 is 17.7 Å². The molecule has 1 fully saturated rings. The largest absolute Gasteiger partial charge is 0.447 e. The highest BCUT2D eigenvalue weighted by atomic mass is 32.2. The van der Waals surface area contributed by atoms with E-state index in [1.807, 2.05) is 0 Å². The van der Waals surface area contributed by atoms with Crippen LogP contribution < -0.4 is 10.6 Å². The Morgan fingerprint density at radius 2 is 2.14 bits per heavy atom. The Kier molecular flexibility index (Phi) is 6.04. The fourth-order valence-corrected chi connectivity index (χ4v) is 2.72.